The van der Waals surface area contributed by atoms with Crippen LogP contribution in [0.5, 0.6) is 0 Å². The van der Waals surface area contributed by atoms with Gasteiger partial charge in [0.15, 0.2) is 0 Å². The van der Waals surface area contributed by atoms with Crippen LogP contribution in [0.4, 0.5) is 18.9 Å². The Kier molecular flexibility index (Phi) is 8.63. The number of alkyl halides is 3. The SMILES string of the molecule is CC(C)OC(=O)C(=Nc1cccc(C(F)(F)F)c1)C(C)C.O=C=O. The first-order valence-corrected chi connectivity index (χ1v) is 6.99. The summed E-state index contributed by atoms with van der Waals surface area (Å²) in [7, 11) is 0. The van der Waals surface area contributed by atoms with Gasteiger partial charge < -0.3 is 4.74 Å². The second-order valence-electron chi connectivity index (χ2n) is 5.24. The highest BCUT2D eigenvalue weighted by molar-refractivity contribution is 6.37. The van der Waals surface area contributed by atoms with Crippen LogP contribution in [-0.2, 0) is 25.3 Å². The average molecular weight is 345 g/mol. The van der Waals surface area contributed by atoms with Crippen LogP contribution in [0.3, 0.4) is 0 Å². The van der Waals surface area contributed by atoms with Gasteiger partial charge in [-0.15, -0.1) is 0 Å². The minimum absolute atomic E-state index is 0.0780. The fourth-order valence-electron chi connectivity index (χ4n) is 1.58. The third kappa shape index (κ3) is 7.69. The zero-order valence-electron chi connectivity index (χ0n) is 13.7. The van der Waals surface area contributed by atoms with Gasteiger partial charge in [-0.05, 0) is 32.0 Å². The van der Waals surface area contributed by atoms with Crippen LogP contribution >= 0.6 is 0 Å². The molecule has 0 aliphatic rings. The molecular formula is C16H18F3NO4. The molecule has 0 aromatic heterocycles. The van der Waals surface area contributed by atoms with Crippen molar-refractivity contribution in [3.63, 3.8) is 0 Å². The number of ether oxygens (including phenoxy) is 1. The summed E-state index contributed by atoms with van der Waals surface area (Å²) < 4.78 is 43.0. The van der Waals surface area contributed by atoms with Gasteiger partial charge in [0.1, 0.15) is 5.71 Å². The first kappa shape index (κ1) is 21.5. The van der Waals surface area contributed by atoms with E-state index in [1.165, 1.54) is 12.1 Å². The minimum Gasteiger partial charge on any atom is -0.458 e. The summed E-state index contributed by atoms with van der Waals surface area (Å²) in [5.41, 5.74) is -0.624. The molecule has 0 bridgehead atoms. The number of carbonyl (C=O) groups excluding carboxylic acids is 3. The van der Waals surface area contributed by atoms with Crippen molar-refractivity contribution in [3.05, 3.63) is 29.8 Å². The predicted octanol–water partition coefficient (Wildman–Crippen LogP) is 3.80. The van der Waals surface area contributed by atoms with Gasteiger partial charge in [-0.2, -0.15) is 22.8 Å². The zero-order chi connectivity index (χ0) is 18.9. The van der Waals surface area contributed by atoms with Gasteiger partial charge in [-0.1, -0.05) is 19.9 Å². The lowest BCUT2D eigenvalue weighted by Gasteiger charge is -2.13. The van der Waals surface area contributed by atoms with Crippen molar-refractivity contribution in [1.29, 1.82) is 0 Å². The Morgan fingerprint density at radius 1 is 1.17 bits per heavy atom. The third-order valence-corrected chi connectivity index (χ3v) is 2.52. The largest absolute Gasteiger partial charge is 0.458 e. The van der Waals surface area contributed by atoms with Crippen LogP contribution in [0, 0.1) is 5.92 Å². The van der Waals surface area contributed by atoms with E-state index in [0.29, 0.717) is 0 Å². The fourth-order valence-corrected chi connectivity index (χ4v) is 1.58. The van der Waals surface area contributed by atoms with E-state index < -0.39 is 17.7 Å². The number of nitrogens with zero attached hydrogens (tertiary/aromatic N) is 1. The summed E-state index contributed by atoms with van der Waals surface area (Å²) in [5, 5.41) is 0. The molecule has 132 valence electrons. The molecule has 0 N–H and O–H groups in total. The Hall–Kier alpha value is -2.47. The molecule has 0 heterocycles. The second-order valence-corrected chi connectivity index (χ2v) is 5.24. The van der Waals surface area contributed by atoms with E-state index in [1.807, 2.05) is 0 Å². The quantitative estimate of drug-likeness (QED) is 0.614. The molecule has 0 amide bonds. The molecule has 0 saturated heterocycles. The maximum Gasteiger partial charge on any atom is 0.416 e. The van der Waals surface area contributed by atoms with Crippen molar-refractivity contribution in [2.75, 3.05) is 0 Å². The molecule has 0 aliphatic heterocycles. The molecule has 0 spiro atoms. The Balaban J connectivity index is 0.00000163. The van der Waals surface area contributed by atoms with Gasteiger partial charge in [0, 0.05) is 5.92 Å². The van der Waals surface area contributed by atoms with Crippen LogP contribution in [0.1, 0.15) is 33.3 Å². The van der Waals surface area contributed by atoms with E-state index in [2.05, 4.69) is 4.99 Å². The number of carbonyl (C=O) groups is 1. The Morgan fingerprint density at radius 3 is 2.12 bits per heavy atom. The summed E-state index contributed by atoms with van der Waals surface area (Å²) in [6.07, 6.45) is -4.51. The normalized spacial score (nSPS) is 11.6. The Labute approximate surface area is 137 Å². The number of halogens is 3. The molecular weight excluding hydrogens is 327 g/mol. The summed E-state index contributed by atoms with van der Waals surface area (Å²) in [4.78, 5) is 32.2. The fraction of sp³-hybridized carbons (Fsp3) is 0.438. The first-order valence-electron chi connectivity index (χ1n) is 6.99. The lowest BCUT2D eigenvalue weighted by atomic mass is 10.1. The number of rotatable bonds is 4. The van der Waals surface area contributed by atoms with Crippen molar-refractivity contribution < 1.29 is 32.3 Å². The van der Waals surface area contributed by atoms with Gasteiger partial charge in [-0.3, -0.25) is 0 Å². The highest BCUT2D eigenvalue weighted by atomic mass is 19.4. The van der Waals surface area contributed by atoms with Crippen molar-refractivity contribution in [2.45, 2.75) is 40.0 Å². The number of aliphatic imine (C=N–C) groups is 1. The van der Waals surface area contributed by atoms with Crippen LogP contribution in [0.2, 0.25) is 0 Å². The van der Waals surface area contributed by atoms with E-state index in [-0.39, 0.29) is 29.6 Å². The lowest BCUT2D eigenvalue weighted by molar-refractivity contribution is -0.191. The van der Waals surface area contributed by atoms with Crippen molar-refractivity contribution in [3.8, 4) is 0 Å². The molecule has 0 unspecified atom stereocenters. The molecule has 1 rings (SSSR count). The number of hydrogen-bond acceptors (Lipinski definition) is 5. The Morgan fingerprint density at radius 2 is 1.71 bits per heavy atom. The highest BCUT2D eigenvalue weighted by Crippen LogP contribution is 2.31. The standard InChI is InChI=1S/C15H18F3NO2.CO2/c1-9(2)13(14(20)21-10(3)4)19-12-7-5-6-11(8-12)15(16,17)18;2-1-3/h5-10H,1-4H3;. The molecule has 0 fully saturated rings. The minimum atomic E-state index is -4.44. The van der Waals surface area contributed by atoms with Gasteiger partial charge >= 0.3 is 18.3 Å². The van der Waals surface area contributed by atoms with Crippen molar-refractivity contribution >= 4 is 23.5 Å². The smallest absolute Gasteiger partial charge is 0.416 e. The molecule has 5 nitrogen and oxygen atoms in total. The second kappa shape index (κ2) is 9.62. The molecule has 0 aliphatic carbocycles. The maximum atomic E-state index is 12.7. The Bertz CT molecular complexity index is 616. The summed E-state index contributed by atoms with van der Waals surface area (Å²) in [6, 6.07) is 4.54. The van der Waals surface area contributed by atoms with Crippen LogP contribution in [-0.4, -0.2) is 23.9 Å². The highest BCUT2D eigenvalue weighted by Gasteiger charge is 2.30. The monoisotopic (exact) mass is 345 g/mol. The van der Waals surface area contributed by atoms with E-state index in [1.54, 1.807) is 27.7 Å². The van der Waals surface area contributed by atoms with Crippen LogP contribution < -0.4 is 0 Å². The number of hydrogen-bond donors (Lipinski definition) is 0. The van der Waals surface area contributed by atoms with E-state index in [9.17, 15) is 18.0 Å². The molecule has 1 aromatic rings. The van der Waals surface area contributed by atoms with Gasteiger partial charge in [-0.25, -0.2) is 9.79 Å². The summed E-state index contributed by atoms with van der Waals surface area (Å²) in [5.74, 6) is -0.872. The summed E-state index contributed by atoms with van der Waals surface area (Å²) >= 11 is 0. The topological polar surface area (TPSA) is 72.8 Å². The van der Waals surface area contributed by atoms with E-state index in [0.717, 1.165) is 12.1 Å². The zero-order valence-corrected chi connectivity index (χ0v) is 13.7. The molecule has 0 atom stereocenters. The maximum absolute atomic E-state index is 12.7. The van der Waals surface area contributed by atoms with Crippen LogP contribution in [0.15, 0.2) is 29.3 Å². The molecule has 0 saturated carbocycles. The predicted molar refractivity (Wildman–Crippen MR) is 79.6 cm³/mol. The number of benzene rings is 1. The van der Waals surface area contributed by atoms with E-state index >= 15 is 0 Å². The number of esters is 1. The van der Waals surface area contributed by atoms with Crippen molar-refractivity contribution in [2.24, 2.45) is 10.9 Å². The molecule has 24 heavy (non-hydrogen) atoms. The first-order chi connectivity index (χ1) is 11.0. The van der Waals surface area contributed by atoms with Crippen molar-refractivity contribution in [1.82, 2.24) is 0 Å². The third-order valence-electron chi connectivity index (χ3n) is 2.52. The van der Waals surface area contributed by atoms with E-state index in [4.69, 9.17) is 14.3 Å². The van der Waals surface area contributed by atoms with Gasteiger partial charge in [0.25, 0.3) is 0 Å². The van der Waals surface area contributed by atoms with Gasteiger partial charge in [0.2, 0.25) is 0 Å². The average Bonchev–Trinajstić information content (AvgIpc) is 2.44. The summed E-state index contributed by atoms with van der Waals surface area (Å²) in [6.45, 7) is 6.85. The molecule has 8 heteroatoms. The molecule has 1 aromatic carbocycles. The molecule has 0 radical (unpaired) electrons. The lowest BCUT2D eigenvalue weighted by Crippen LogP contribution is -2.25. The van der Waals surface area contributed by atoms with Crippen LogP contribution in [0.25, 0.3) is 0 Å². The van der Waals surface area contributed by atoms with Gasteiger partial charge in [0.05, 0.1) is 17.4 Å².